The first-order valence-electron chi connectivity index (χ1n) is 9.45. The zero-order valence-electron chi connectivity index (χ0n) is 15.7. The Kier molecular flexibility index (Phi) is 9.27. The van der Waals surface area contributed by atoms with Gasteiger partial charge in [-0.2, -0.15) is 25.3 Å². The maximum Gasteiger partial charge on any atom is 0.127 e. The van der Waals surface area contributed by atoms with Gasteiger partial charge in [0.15, 0.2) is 0 Å². The summed E-state index contributed by atoms with van der Waals surface area (Å²) in [7, 11) is 0. The Labute approximate surface area is 169 Å². The van der Waals surface area contributed by atoms with E-state index >= 15 is 0 Å². The van der Waals surface area contributed by atoms with Crippen molar-refractivity contribution in [2.24, 2.45) is 0 Å². The van der Waals surface area contributed by atoms with Gasteiger partial charge in [-0.25, -0.2) is 0 Å². The molecule has 2 rings (SSSR count). The highest BCUT2D eigenvalue weighted by molar-refractivity contribution is 7.81. The molecule has 0 aliphatic heterocycles. The quantitative estimate of drug-likeness (QED) is 0.438. The van der Waals surface area contributed by atoms with Crippen molar-refractivity contribution in [3.63, 3.8) is 0 Å². The zero-order chi connectivity index (χ0) is 18.8. The van der Waals surface area contributed by atoms with Crippen LogP contribution in [0.15, 0.2) is 48.5 Å². The Hall–Kier alpha value is -1.26. The molecule has 26 heavy (non-hydrogen) atoms. The van der Waals surface area contributed by atoms with Crippen molar-refractivity contribution < 1.29 is 9.47 Å². The lowest BCUT2D eigenvalue weighted by molar-refractivity contribution is 0.305. The van der Waals surface area contributed by atoms with Gasteiger partial charge in [0.05, 0.1) is 13.2 Å². The molecule has 0 heterocycles. The van der Waals surface area contributed by atoms with E-state index in [4.69, 9.17) is 9.47 Å². The molecule has 0 aromatic heterocycles. The third-order valence-electron chi connectivity index (χ3n) is 4.42. The van der Waals surface area contributed by atoms with Crippen molar-refractivity contribution in [2.75, 3.05) is 13.2 Å². The summed E-state index contributed by atoms with van der Waals surface area (Å²) in [6.45, 7) is 5.62. The molecule has 0 aliphatic rings. The first-order valence-corrected chi connectivity index (χ1v) is 10.5. The van der Waals surface area contributed by atoms with Crippen LogP contribution in [0, 0.1) is 0 Å². The largest absolute Gasteiger partial charge is 0.493 e. The number of benzene rings is 2. The topological polar surface area (TPSA) is 18.5 Å². The molecular formula is C22H30O2S2. The minimum absolute atomic E-state index is 0.380. The second kappa shape index (κ2) is 11.5. The van der Waals surface area contributed by atoms with E-state index in [0.717, 1.165) is 48.3 Å². The van der Waals surface area contributed by atoms with Gasteiger partial charge in [0.2, 0.25) is 0 Å². The van der Waals surface area contributed by atoms with Crippen LogP contribution in [0.5, 0.6) is 11.5 Å². The molecule has 0 fully saturated rings. The van der Waals surface area contributed by atoms with E-state index in [2.05, 4.69) is 51.2 Å². The van der Waals surface area contributed by atoms with E-state index in [-0.39, 0.29) is 0 Å². The molecule has 0 amide bonds. The lowest BCUT2D eigenvalue weighted by Gasteiger charge is -2.16. The summed E-state index contributed by atoms with van der Waals surface area (Å²) in [6, 6.07) is 16.3. The third-order valence-corrected chi connectivity index (χ3v) is 5.67. The molecule has 2 nitrogen and oxygen atoms in total. The van der Waals surface area contributed by atoms with Crippen LogP contribution in [-0.2, 0) is 0 Å². The fourth-order valence-electron chi connectivity index (χ4n) is 2.65. The normalized spacial score (nSPS) is 13.2. The Bertz CT molecular complexity index is 603. The fraction of sp³-hybridized carbons (Fsp3) is 0.455. The summed E-state index contributed by atoms with van der Waals surface area (Å²) in [5.41, 5.74) is 2.13. The van der Waals surface area contributed by atoms with Gasteiger partial charge in [0.25, 0.3) is 0 Å². The Morgan fingerprint density at radius 1 is 0.692 bits per heavy atom. The molecule has 0 spiro atoms. The number of rotatable bonds is 11. The zero-order valence-corrected chi connectivity index (χ0v) is 17.5. The minimum Gasteiger partial charge on any atom is -0.493 e. The van der Waals surface area contributed by atoms with Gasteiger partial charge in [-0.05, 0) is 37.8 Å². The van der Waals surface area contributed by atoms with E-state index < -0.39 is 0 Å². The minimum atomic E-state index is 0.380. The molecule has 0 bridgehead atoms. The number of hydrogen-bond acceptors (Lipinski definition) is 4. The number of para-hydroxylation sites is 2. The highest BCUT2D eigenvalue weighted by Crippen LogP contribution is 2.36. The van der Waals surface area contributed by atoms with Crippen LogP contribution in [0.25, 0.3) is 11.1 Å². The van der Waals surface area contributed by atoms with Gasteiger partial charge in [0.1, 0.15) is 11.5 Å². The molecule has 4 heteroatoms. The van der Waals surface area contributed by atoms with Crippen LogP contribution in [0.1, 0.15) is 39.5 Å². The molecule has 0 N–H and O–H groups in total. The summed E-state index contributed by atoms with van der Waals surface area (Å²) in [6.07, 6.45) is 3.97. The highest BCUT2D eigenvalue weighted by atomic mass is 32.1. The molecular weight excluding hydrogens is 360 g/mol. The molecule has 2 aromatic rings. The van der Waals surface area contributed by atoms with Crippen LogP contribution in [-0.4, -0.2) is 23.7 Å². The smallest absolute Gasteiger partial charge is 0.127 e. The standard InChI is InChI=1S/C22H30O2S2/c1-3-17(25)13-15-23-21-11-7-5-9-19(21)20-10-6-8-12-22(20)24-16-14-18(26)4-2/h5-12,17-18,25-26H,3-4,13-16H2,1-2H3. The Morgan fingerprint density at radius 3 is 1.46 bits per heavy atom. The van der Waals surface area contributed by atoms with E-state index in [9.17, 15) is 0 Å². The van der Waals surface area contributed by atoms with Crippen LogP contribution >= 0.6 is 25.3 Å². The van der Waals surface area contributed by atoms with Crippen LogP contribution in [0.4, 0.5) is 0 Å². The summed E-state index contributed by atoms with van der Waals surface area (Å²) < 4.78 is 12.1. The molecule has 2 aromatic carbocycles. The molecule has 142 valence electrons. The maximum absolute atomic E-state index is 6.06. The van der Waals surface area contributed by atoms with E-state index in [1.54, 1.807) is 0 Å². The first kappa shape index (κ1) is 21.0. The second-order valence-corrected chi connectivity index (χ2v) is 7.85. The molecule has 0 saturated heterocycles. The predicted octanol–water partition coefficient (Wildman–Crippen LogP) is 6.31. The second-order valence-electron chi connectivity index (χ2n) is 6.39. The van der Waals surface area contributed by atoms with Crippen molar-refractivity contribution >= 4 is 25.3 Å². The van der Waals surface area contributed by atoms with E-state index in [1.807, 2.05) is 36.4 Å². The number of ether oxygens (including phenoxy) is 2. The van der Waals surface area contributed by atoms with Crippen LogP contribution < -0.4 is 9.47 Å². The lowest BCUT2D eigenvalue weighted by Crippen LogP contribution is -2.07. The first-order chi connectivity index (χ1) is 12.7. The van der Waals surface area contributed by atoms with E-state index in [1.165, 1.54) is 0 Å². The summed E-state index contributed by atoms with van der Waals surface area (Å²) in [5, 5.41) is 0.760. The van der Waals surface area contributed by atoms with Crippen LogP contribution in [0.3, 0.4) is 0 Å². The highest BCUT2D eigenvalue weighted by Gasteiger charge is 2.12. The van der Waals surface area contributed by atoms with E-state index in [0.29, 0.717) is 23.7 Å². The Morgan fingerprint density at radius 2 is 1.08 bits per heavy atom. The van der Waals surface area contributed by atoms with Gasteiger partial charge in [-0.3, -0.25) is 0 Å². The molecule has 2 unspecified atom stereocenters. The van der Waals surface area contributed by atoms with Gasteiger partial charge in [0, 0.05) is 21.6 Å². The van der Waals surface area contributed by atoms with Crippen molar-refractivity contribution in [3.05, 3.63) is 48.5 Å². The fourth-order valence-corrected chi connectivity index (χ4v) is 2.86. The third kappa shape index (κ3) is 6.48. The molecule has 0 aliphatic carbocycles. The van der Waals surface area contributed by atoms with Crippen molar-refractivity contribution in [1.82, 2.24) is 0 Å². The number of thiol groups is 2. The average molecular weight is 391 g/mol. The van der Waals surface area contributed by atoms with Crippen molar-refractivity contribution in [1.29, 1.82) is 0 Å². The van der Waals surface area contributed by atoms with Crippen molar-refractivity contribution in [3.8, 4) is 22.6 Å². The Balaban J connectivity index is 2.12. The summed E-state index contributed by atoms with van der Waals surface area (Å²) >= 11 is 9.09. The summed E-state index contributed by atoms with van der Waals surface area (Å²) in [5.74, 6) is 1.78. The van der Waals surface area contributed by atoms with Gasteiger partial charge >= 0.3 is 0 Å². The van der Waals surface area contributed by atoms with Gasteiger partial charge in [-0.1, -0.05) is 50.2 Å². The summed E-state index contributed by atoms with van der Waals surface area (Å²) in [4.78, 5) is 0. The molecule has 0 radical (unpaired) electrons. The molecule has 0 saturated carbocycles. The van der Waals surface area contributed by atoms with Gasteiger partial charge in [-0.15, -0.1) is 0 Å². The average Bonchev–Trinajstić information content (AvgIpc) is 2.68. The lowest BCUT2D eigenvalue weighted by atomic mass is 10.0. The monoisotopic (exact) mass is 390 g/mol. The SMILES string of the molecule is CCC(S)CCOc1ccccc1-c1ccccc1OCCC(S)CC. The van der Waals surface area contributed by atoms with Crippen molar-refractivity contribution in [2.45, 2.75) is 50.0 Å². The maximum atomic E-state index is 6.06. The predicted molar refractivity (Wildman–Crippen MR) is 118 cm³/mol. The number of hydrogen-bond donors (Lipinski definition) is 2. The molecule has 2 atom stereocenters. The van der Waals surface area contributed by atoms with Crippen LogP contribution in [0.2, 0.25) is 0 Å². The van der Waals surface area contributed by atoms with Gasteiger partial charge < -0.3 is 9.47 Å².